The van der Waals surface area contributed by atoms with Gasteiger partial charge in [-0.25, -0.2) is 0 Å². The van der Waals surface area contributed by atoms with E-state index in [1.165, 1.54) is 39.0 Å². The minimum absolute atomic E-state index is 0.883. The van der Waals surface area contributed by atoms with Crippen LogP contribution in [0.3, 0.4) is 0 Å². The van der Waals surface area contributed by atoms with E-state index < -0.39 is 0 Å². The highest BCUT2D eigenvalue weighted by atomic mass is 16.5. The van der Waals surface area contributed by atoms with Crippen LogP contribution in [0.5, 0.6) is 0 Å². The molecule has 1 aliphatic rings. The van der Waals surface area contributed by atoms with Crippen molar-refractivity contribution in [1.82, 2.24) is 9.80 Å². The van der Waals surface area contributed by atoms with Crippen LogP contribution >= 0.6 is 0 Å². The third-order valence-electron chi connectivity index (χ3n) is 2.88. The first-order valence-corrected chi connectivity index (χ1v) is 5.73. The summed E-state index contributed by atoms with van der Waals surface area (Å²) in [7, 11) is 3.97. The topological polar surface area (TPSA) is 15.7 Å². The van der Waals surface area contributed by atoms with Crippen molar-refractivity contribution in [2.24, 2.45) is 0 Å². The molecule has 0 unspecified atom stereocenters. The molecule has 0 amide bonds. The van der Waals surface area contributed by atoms with Crippen molar-refractivity contribution in [3.63, 3.8) is 0 Å². The number of nitrogens with zero attached hydrogens (tertiary/aromatic N) is 2. The van der Waals surface area contributed by atoms with E-state index in [1.807, 2.05) is 0 Å². The van der Waals surface area contributed by atoms with Crippen molar-refractivity contribution in [2.45, 2.75) is 19.3 Å². The summed E-state index contributed by atoms with van der Waals surface area (Å²) in [5.74, 6) is 0. The fourth-order valence-electron chi connectivity index (χ4n) is 1.91. The molecule has 1 heterocycles. The smallest absolute Gasteiger partial charge is 0.0474 e. The number of hydrogen-bond donors (Lipinski definition) is 0. The van der Waals surface area contributed by atoms with Gasteiger partial charge >= 0.3 is 0 Å². The van der Waals surface area contributed by atoms with Crippen molar-refractivity contribution >= 4 is 0 Å². The summed E-state index contributed by atoms with van der Waals surface area (Å²) < 4.78 is 5.03. The molecule has 0 bridgehead atoms. The zero-order valence-electron chi connectivity index (χ0n) is 9.67. The van der Waals surface area contributed by atoms with Crippen LogP contribution < -0.4 is 0 Å². The molecule has 0 saturated carbocycles. The quantitative estimate of drug-likeness (QED) is 0.571. The first-order chi connectivity index (χ1) is 6.83. The molecule has 14 heavy (non-hydrogen) atoms. The van der Waals surface area contributed by atoms with E-state index in [1.54, 1.807) is 7.11 Å². The van der Waals surface area contributed by atoms with Crippen LogP contribution in [0.25, 0.3) is 0 Å². The third-order valence-corrected chi connectivity index (χ3v) is 2.88. The van der Waals surface area contributed by atoms with E-state index >= 15 is 0 Å². The second kappa shape index (κ2) is 7.21. The fourth-order valence-corrected chi connectivity index (χ4v) is 1.91. The molecule has 0 aromatic carbocycles. The van der Waals surface area contributed by atoms with Crippen LogP contribution in [0.15, 0.2) is 0 Å². The minimum Gasteiger partial charge on any atom is -0.385 e. The maximum atomic E-state index is 5.03. The van der Waals surface area contributed by atoms with Gasteiger partial charge in [-0.1, -0.05) is 0 Å². The first-order valence-electron chi connectivity index (χ1n) is 5.73. The van der Waals surface area contributed by atoms with Gasteiger partial charge in [0.2, 0.25) is 0 Å². The van der Waals surface area contributed by atoms with E-state index in [2.05, 4.69) is 16.8 Å². The van der Waals surface area contributed by atoms with Crippen LogP contribution in [-0.2, 0) is 4.74 Å². The number of likely N-dealkylation sites (tertiary alicyclic amines) is 1. The van der Waals surface area contributed by atoms with Gasteiger partial charge in [-0.05, 0) is 39.4 Å². The Morgan fingerprint density at radius 3 is 2.57 bits per heavy atom. The van der Waals surface area contributed by atoms with Gasteiger partial charge in [0.25, 0.3) is 0 Å². The summed E-state index contributed by atoms with van der Waals surface area (Å²) in [4.78, 5) is 4.96. The molecule has 0 aliphatic carbocycles. The van der Waals surface area contributed by atoms with Crippen molar-refractivity contribution in [3.8, 4) is 0 Å². The van der Waals surface area contributed by atoms with Gasteiger partial charge in [0.1, 0.15) is 0 Å². The Labute approximate surface area is 88.0 Å². The highest BCUT2D eigenvalue weighted by molar-refractivity contribution is 4.67. The molecular weight excluding hydrogens is 176 g/mol. The normalized spacial score (nSPS) is 18.2. The van der Waals surface area contributed by atoms with Crippen molar-refractivity contribution in [2.75, 3.05) is 53.5 Å². The van der Waals surface area contributed by atoms with Crippen LogP contribution in [0.2, 0.25) is 0 Å². The highest BCUT2D eigenvalue weighted by Gasteiger charge is 2.11. The van der Waals surface area contributed by atoms with E-state index in [0.29, 0.717) is 0 Å². The summed E-state index contributed by atoms with van der Waals surface area (Å²) in [6.45, 7) is 7.10. The number of rotatable bonds is 7. The summed E-state index contributed by atoms with van der Waals surface area (Å²) in [6.07, 6.45) is 3.94. The van der Waals surface area contributed by atoms with E-state index in [9.17, 15) is 0 Å². The van der Waals surface area contributed by atoms with Gasteiger partial charge in [0.15, 0.2) is 0 Å². The van der Waals surface area contributed by atoms with Gasteiger partial charge < -0.3 is 14.5 Å². The molecule has 0 aromatic rings. The molecular formula is C11H24N2O. The molecule has 1 saturated heterocycles. The lowest BCUT2D eigenvalue weighted by Crippen LogP contribution is -2.32. The number of likely N-dealkylation sites (N-methyl/N-ethyl adjacent to an activating group) is 1. The third kappa shape index (κ3) is 4.94. The average molecular weight is 200 g/mol. The van der Waals surface area contributed by atoms with E-state index in [0.717, 1.165) is 19.6 Å². The Bertz CT molecular complexity index is 135. The maximum Gasteiger partial charge on any atom is 0.0474 e. The predicted molar refractivity (Wildman–Crippen MR) is 59.7 cm³/mol. The Balaban J connectivity index is 1.93. The minimum atomic E-state index is 0.883. The Morgan fingerprint density at radius 1 is 1.21 bits per heavy atom. The van der Waals surface area contributed by atoms with Gasteiger partial charge in [0.05, 0.1) is 0 Å². The number of ether oxygens (including phenoxy) is 1. The van der Waals surface area contributed by atoms with Gasteiger partial charge in [0, 0.05) is 33.4 Å². The van der Waals surface area contributed by atoms with Crippen LogP contribution in [0, 0.1) is 0 Å². The molecule has 1 rings (SSSR count). The van der Waals surface area contributed by atoms with Crippen molar-refractivity contribution < 1.29 is 4.74 Å². The molecule has 0 spiro atoms. The standard InChI is InChI=1S/C11H24N2O/c1-12(6-5-11-14-2)9-10-13-7-3-4-8-13/h3-11H2,1-2H3. The molecule has 1 aliphatic heterocycles. The van der Waals surface area contributed by atoms with Gasteiger partial charge in [-0.15, -0.1) is 0 Å². The Kier molecular flexibility index (Phi) is 6.15. The SMILES string of the molecule is COCCCN(C)CCN1CCCC1. The highest BCUT2D eigenvalue weighted by Crippen LogP contribution is 2.06. The lowest BCUT2D eigenvalue weighted by atomic mass is 10.4. The summed E-state index contributed by atoms with van der Waals surface area (Å²) in [6, 6.07) is 0. The first kappa shape index (κ1) is 12.0. The molecule has 3 nitrogen and oxygen atoms in total. The second-order valence-corrected chi connectivity index (χ2v) is 4.20. The largest absolute Gasteiger partial charge is 0.385 e. The lowest BCUT2D eigenvalue weighted by Gasteiger charge is -2.20. The Morgan fingerprint density at radius 2 is 1.93 bits per heavy atom. The average Bonchev–Trinajstić information content (AvgIpc) is 2.68. The fraction of sp³-hybridized carbons (Fsp3) is 1.00. The van der Waals surface area contributed by atoms with Crippen molar-refractivity contribution in [3.05, 3.63) is 0 Å². The second-order valence-electron chi connectivity index (χ2n) is 4.20. The van der Waals surface area contributed by atoms with Crippen LogP contribution in [-0.4, -0.2) is 63.3 Å². The predicted octanol–water partition coefficient (Wildman–Crippen LogP) is 1.05. The zero-order valence-corrected chi connectivity index (χ0v) is 9.67. The number of hydrogen-bond acceptors (Lipinski definition) is 3. The summed E-state index contributed by atoms with van der Waals surface area (Å²) in [5.41, 5.74) is 0. The Hall–Kier alpha value is -0.120. The van der Waals surface area contributed by atoms with E-state index in [4.69, 9.17) is 4.74 Å². The zero-order chi connectivity index (χ0) is 10.2. The molecule has 0 radical (unpaired) electrons. The van der Waals surface area contributed by atoms with Gasteiger partial charge in [-0.2, -0.15) is 0 Å². The molecule has 0 aromatic heterocycles. The molecule has 0 atom stereocenters. The van der Waals surface area contributed by atoms with Crippen LogP contribution in [0.4, 0.5) is 0 Å². The number of methoxy groups -OCH3 is 1. The maximum absolute atomic E-state index is 5.03. The lowest BCUT2D eigenvalue weighted by molar-refractivity contribution is 0.175. The van der Waals surface area contributed by atoms with Gasteiger partial charge in [-0.3, -0.25) is 0 Å². The summed E-state index contributed by atoms with van der Waals surface area (Å²) in [5, 5.41) is 0. The molecule has 1 fully saturated rings. The van der Waals surface area contributed by atoms with E-state index in [-0.39, 0.29) is 0 Å². The monoisotopic (exact) mass is 200 g/mol. The molecule has 84 valence electrons. The van der Waals surface area contributed by atoms with Crippen molar-refractivity contribution in [1.29, 1.82) is 0 Å². The summed E-state index contributed by atoms with van der Waals surface area (Å²) >= 11 is 0. The molecule has 3 heteroatoms. The molecule has 0 N–H and O–H groups in total. The van der Waals surface area contributed by atoms with Crippen LogP contribution in [0.1, 0.15) is 19.3 Å².